The van der Waals surface area contributed by atoms with Crippen LogP contribution in [0, 0.1) is 0 Å². The van der Waals surface area contributed by atoms with Gasteiger partial charge in [-0.05, 0) is 42.4 Å². The van der Waals surface area contributed by atoms with E-state index in [1.165, 1.54) is 19.3 Å². The number of likely N-dealkylation sites (N-methyl/N-ethyl adjacent to an activating group) is 1. The van der Waals surface area contributed by atoms with Crippen LogP contribution in [0.1, 0.15) is 28.5 Å². The number of imidazole rings is 1. The third-order valence-corrected chi connectivity index (χ3v) is 7.26. The molecule has 216 valence electrons. The van der Waals surface area contributed by atoms with Crippen molar-refractivity contribution in [2.24, 2.45) is 7.05 Å². The van der Waals surface area contributed by atoms with Gasteiger partial charge in [-0.15, -0.1) is 0 Å². The second-order valence-corrected chi connectivity index (χ2v) is 9.91. The molecule has 12 heteroatoms. The molecule has 41 heavy (non-hydrogen) atoms. The largest absolute Gasteiger partial charge is 0.457 e. The molecule has 1 aliphatic heterocycles. The molecule has 1 aliphatic rings. The summed E-state index contributed by atoms with van der Waals surface area (Å²) in [5.74, 6) is 0.999. The van der Waals surface area contributed by atoms with Crippen molar-refractivity contribution in [3.8, 4) is 11.5 Å². The fourth-order valence-electron chi connectivity index (χ4n) is 4.90. The highest BCUT2D eigenvalue weighted by Crippen LogP contribution is 2.36. The first-order valence-corrected chi connectivity index (χ1v) is 13.4. The minimum absolute atomic E-state index is 0.224. The van der Waals surface area contributed by atoms with Crippen molar-refractivity contribution < 1.29 is 22.7 Å². The Labute approximate surface area is 235 Å². The van der Waals surface area contributed by atoms with Gasteiger partial charge in [-0.3, -0.25) is 14.7 Å². The first kappa shape index (κ1) is 28.4. The topological polar surface area (TPSA) is 87.6 Å². The number of anilines is 2. The van der Waals surface area contributed by atoms with Crippen molar-refractivity contribution in [3.05, 3.63) is 71.5 Å². The maximum Gasteiger partial charge on any atom is 0.416 e. The van der Waals surface area contributed by atoms with Crippen LogP contribution in [-0.4, -0.2) is 70.0 Å². The molecule has 0 radical (unpaired) electrons. The van der Waals surface area contributed by atoms with Crippen LogP contribution in [-0.2, 0) is 19.8 Å². The molecule has 2 aromatic carbocycles. The molecular weight excluding hydrogens is 535 g/mol. The Hall–Kier alpha value is -4.16. The molecule has 0 spiro atoms. The van der Waals surface area contributed by atoms with E-state index in [9.17, 15) is 18.0 Å². The molecule has 3 heterocycles. The summed E-state index contributed by atoms with van der Waals surface area (Å²) >= 11 is 0. The van der Waals surface area contributed by atoms with Crippen LogP contribution in [0.3, 0.4) is 0 Å². The smallest absolute Gasteiger partial charge is 0.416 e. The van der Waals surface area contributed by atoms with Crippen LogP contribution in [0.15, 0.2) is 54.7 Å². The molecule has 4 aromatic rings. The molecular formula is C29H32F3N7O2. The predicted molar refractivity (Wildman–Crippen MR) is 151 cm³/mol. The number of hydrogen-bond donors (Lipinski definition) is 2. The number of ether oxygens (including phenoxy) is 1. The Morgan fingerprint density at radius 2 is 1.73 bits per heavy atom. The van der Waals surface area contributed by atoms with Gasteiger partial charge in [0.05, 0.1) is 16.6 Å². The van der Waals surface area contributed by atoms with Crippen molar-refractivity contribution >= 4 is 28.6 Å². The lowest BCUT2D eigenvalue weighted by Gasteiger charge is -2.34. The number of fused-ring (bicyclic) bond motifs is 1. The standard InChI is InChI=1S/C29H32F3N7O2/c1-4-38-11-13-39(14-12-38)18-19-5-6-20(15-23(19)29(30,31)32)35-28-36-24-8-7-21(17-26(24)37(28)3)41-22-9-10-34-25(16-22)27(40)33-2/h5-10,15-17H,4,11-14,18H2,1-3H3,(H,33,40)(H,35,36). The van der Waals surface area contributed by atoms with Crippen LogP contribution in [0.5, 0.6) is 11.5 Å². The fraction of sp³-hybridized carbons (Fsp3) is 0.345. The van der Waals surface area contributed by atoms with Gasteiger partial charge >= 0.3 is 6.18 Å². The zero-order valence-electron chi connectivity index (χ0n) is 23.1. The van der Waals surface area contributed by atoms with Gasteiger partial charge in [-0.25, -0.2) is 4.98 Å². The van der Waals surface area contributed by atoms with Crippen molar-refractivity contribution in [1.82, 2.24) is 29.7 Å². The number of hydrogen-bond acceptors (Lipinski definition) is 7. The maximum absolute atomic E-state index is 14.1. The number of nitrogens with one attached hydrogen (secondary N) is 2. The van der Waals surface area contributed by atoms with E-state index in [0.29, 0.717) is 34.2 Å². The molecule has 0 unspecified atom stereocenters. The number of amides is 1. The minimum atomic E-state index is -4.48. The zero-order chi connectivity index (χ0) is 29.1. The summed E-state index contributed by atoms with van der Waals surface area (Å²) in [7, 11) is 3.29. The molecule has 1 amide bonds. The van der Waals surface area contributed by atoms with E-state index in [1.807, 2.05) is 0 Å². The third kappa shape index (κ3) is 6.44. The van der Waals surface area contributed by atoms with Crippen LogP contribution in [0.25, 0.3) is 11.0 Å². The van der Waals surface area contributed by atoms with Crippen LogP contribution in [0.4, 0.5) is 24.8 Å². The van der Waals surface area contributed by atoms with Crippen molar-refractivity contribution in [2.45, 2.75) is 19.6 Å². The third-order valence-electron chi connectivity index (χ3n) is 7.26. The second-order valence-electron chi connectivity index (χ2n) is 9.91. The van der Waals surface area contributed by atoms with E-state index in [4.69, 9.17) is 4.74 Å². The highest BCUT2D eigenvalue weighted by Gasteiger charge is 2.34. The number of aromatic nitrogens is 3. The van der Waals surface area contributed by atoms with Gasteiger partial charge in [0.2, 0.25) is 5.95 Å². The number of carbonyl (C=O) groups is 1. The average Bonchev–Trinajstić information content (AvgIpc) is 3.27. The Balaban J connectivity index is 1.35. The van der Waals surface area contributed by atoms with Gasteiger partial charge < -0.3 is 24.8 Å². The Morgan fingerprint density at radius 1 is 1.00 bits per heavy atom. The van der Waals surface area contributed by atoms with Gasteiger partial charge in [0.1, 0.15) is 17.2 Å². The van der Waals surface area contributed by atoms with Gasteiger partial charge in [0.15, 0.2) is 0 Å². The van der Waals surface area contributed by atoms with Gasteiger partial charge in [-0.2, -0.15) is 13.2 Å². The van der Waals surface area contributed by atoms with E-state index in [2.05, 4.69) is 37.3 Å². The number of carbonyl (C=O) groups excluding carboxylic acids is 1. The molecule has 0 aliphatic carbocycles. The Kier molecular flexibility index (Phi) is 8.13. The van der Waals surface area contributed by atoms with E-state index < -0.39 is 11.7 Å². The number of halogens is 3. The first-order chi connectivity index (χ1) is 19.6. The van der Waals surface area contributed by atoms with Gasteiger partial charge in [-0.1, -0.05) is 13.0 Å². The summed E-state index contributed by atoms with van der Waals surface area (Å²) < 4.78 is 49.9. The van der Waals surface area contributed by atoms with E-state index in [0.717, 1.165) is 38.8 Å². The molecule has 0 saturated carbocycles. The molecule has 5 rings (SSSR count). The molecule has 9 nitrogen and oxygen atoms in total. The van der Waals surface area contributed by atoms with Gasteiger partial charge in [0, 0.05) is 70.8 Å². The summed E-state index contributed by atoms with van der Waals surface area (Å²) in [5.41, 5.74) is 1.48. The van der Waals surface area contributed by atoms with E-state index in [-0.39, 0.29) is 23.7 Å². The van der Waals surface area contributed by atoms with Crippen LogP contribution >= 0.6 is 0 Å². The monoisotopic (exact) mass is 567 g/mol. The number of rotatable bonds is 8. The maximum atomic E-state index is 14.1. The molecule has 0 atom stereocenters. The van der Waals surface area contributed by atoms with Crippen LogP contribution < -0.4 is 15.4 Å². The SMILES string of the molecule is CCN1CCN(Cc2ccc(Nc3nc4ccc(Oc5ccnc(C(=O)NC)c5)cc4n3C)cc2C(F)(F)F)CC1. The zero-order valence-corrected chi connectivity index (χ0v) is 23.1. The number of nitrogens with zero attached hydrogens (tertiary/aromatic N) is 5. The lowest BCUT2D eigenvalue weighted by Crippen LogP contribution is -2.45. The predicted octanol–water partition coefficient (Wildman–Crippen LogP) is 5.02. The van der Waals surface area contributed by atoms with Crippen molar-refractivity contribution in [1.29, 1.82) is 0 Å². The summed E-state index contributed by atoms with van der Waals surface area (Å²) in [6.07, 6.45) is -3.00. The summed E-state index contributed by atoms with van der Waals surface area (Å²) in [5, 5.41) is 5.57. The quantitative estimate of drug-likeness (QED) is 0.309. The average molecular weight is 568 g/mol. The second kappa shape index (κ2) is 11.8. The van der Waals surface area contributed by atoms with Gasteiger partial charge in [0.25, 0.3) is 5.91 Å². The summed E-state index contributed by atoms with van der Waals surface area (Å²) in [6, 6.07) is 12.8. The summed E-state index contributed by atoms with van der Waals surface area (Å²) in [4.78, 5) is 24.8. The number of pyridine rings is 1. The van der Waals surface area contributed by atoms with Crippen LogP contribution in [0.2, 0.25) is 0 Å². The van der Waals surface area contributed by atoms with E-state index in [1.54, 1.807) is 48.0 Å². The summed E-state index contributed by atoms with van der Waals surface area (Å²) in [6.45, 7) is 6.49. The molecule has 1 fully saturated rings. The lowest BCUT2D eigenvalue weighted by atomic mass is 10.0. The molecule has 0 bridgehead atoms. The number of aryl methyl sites for hydroxylation is 1. The molecule has 2 aromatic heterocycles. The minimum Gasteiger partial charge on any atom is -0.457 e. The Morgan fingerprint density at radius 3 is 2.44 bits per heavy atom. The highest BCUT2D eigenvalue weighted by atomic mass is 19.4. The molecule has 1 saturated heterocycles. The van der Waals surface area contributed by atoms with Crippen molar-refractivity contribution in [3.63, 3.8) is 0 Å². The Bertz CT molecular complexity index is 1550. The van der Waals surface area contributed by atoms with Crippen molar-refractivity contribution in [2.75, 3.05) is 45.1 Å². The lowest BCUT2D eigenvalue weighted by molar-refractivity contribution is -0.138. The fourth-order valence-corrected chi connectivity index (χ4v) is 4.90. The first-order valence-electron chi connectivity index (χ1n) is 13.4. The number of alkyl halides is 3. The molecule has 2 N–H and O–H groups in total. The highest BCUT2D eigenvalue weighted by molar-refractivity contribution is 5.92. The number of piperazine rings is 1. The number of benzene rings is 2. The normalized spacial score (nSPS) is 14.8. The van der Waals surface area contributed by atoms with E-state index >= 15 is 0 Å².